The fraction of sp³-hybridized carbons (Fsp3) is 0.235. The summed E-state index contributed by atoms with van der Waals surface area (Å²) in [6.07, 6.45) is 0.879. The fourth-order valence-corrected chi connectivity index (χ4v) is 3.50. The van der Waals surface area contributed by atoms with Gasteiger partial charge in [0.15, 0.2) is 0 Å². The number of aryl methyl sites for hydroxylation is 1. The van der Waals surface area contributed by atoms with E-state index in [9.17, 15) is 8.42 Å². The quantitative estimate of drug-likeness (QED) is 0.631. The van der Waals surface area contributed by atoms with Gasteiger partial charge in [-0.05, 0) is 30.7 Å². The van der Waals surface area contributed by atoms with Crippen molar-refractivity contribution in [1.82, 2.24) is 0 Å². The molecular weight excluding hydrogens is 298 g/mol. The summed E-state index contributed by atoms with van der Waals surface area (Å²) in [6.45, 7) is 2.65. The Morgan fingerprint density at radius 2 is 1.73 bits per heavy atom. The molecule has 0 N–H and O–H groups in total. The van der Waals surface area contributed by atoms with E-state index in [1.54, 1.807) is 24.3 Å². The molecule has 0 bridgehead atoms. The van der Waals surface area contributed by atoms with Crippen molar-refractivity contribution < 1.29 is 17.2 Å². The monoisotopic (exact) mass is 316 g/mol. The maximum absolute atomic E-state index is 12.5. The van der Waals surface area contributed by atoms with Crippen molar-refractivity contribution in [2.45, 2.75) is 18.2 Å². The van der Waals surface area contributed by atoms with E-state index in [2.05, 4.69) is 0 Å². The van der Waals surface area contributed by atoms with Crippen LogP contribution in [0.5, 0.6) is 0 Å². The number of fused-ring (bicyclic) bond motifs is 1. The average Bonchev–Trinajstić information content (AvgIpc) is 2.50. The van der Waals surface area contributed by atoms with E-state index < -0.39 is 10.1 Å². The summed E-state index contributed by atoms with van der Waals surface area (Å²) < 4.78 is 32.3. The van der Waals surface area contributed by atoms with E-state index in [1.165, 1.54) is 0 Å². The van der Waals surface area contributed by atoms with Crippen LogP contribution in [0.2, 0.25) is 0 Å². The highest BCUT2D eigenvalue weighted by Gasteiger charge is 2.30. The van der Waals surface area contributed by atoms with Crippen LogP contribution in [-0.4, -0.2) is 32.5 Å². The SMILES string of the molecule is Cc1ccc(S(=O)(=O)OC2=[N+](C)CCc3ccccc32)cc1. The zero-order chi connectivity index (χ0) is 15.7. The lowest BCUT2D eigenvalue weighted by atomic mass is 10.0. The van der Waals surface area contributed by atoms with Gasteiger partial charge < -0.3 is 4.18 Å². The summed E-state index contributed by atoms with van der Waals surface area (Å²) in [6, 6.07) is 14.4. The van der Waals surface area contributed by atoms with Crippen molar-refractivity contribution in [3.8, 4) is 0 Å². The van der Waals surface area contributed by atoms with Gasteiger partial charge in [0, 0.05) is 6.42 Å². The van der Waals surface area contributed by atoms with Crippen molar-refractivity contribution in [1.29, 1.82) is 0 Å². The van der Waals surface area contributed by atoms with E-state index in [1.807, 2.05) is 42.8 Å². The molecule has 22 heavy (non-hydrogen) atoms. The molecular formula is C17H18NO3S+. The van der Waals surface area contributed by atoms with E-state index >= 15 is 0 Å². The Morgan fingerprint density at radius 1 is 1.05 bits per heavy atom. The van der Waals surface area contributed by atoms with Crippen LogP contribution in [0.25, 0.3) is 0 Å². The Balaban J connectivity index is 2.00. The zero-order valence-corrected chi connectivity index (χ0v) is 13.4. The van der Waals surface area contributed by atoms with Gasteiger partial charge in [0.2, 0.25) is 0 Å². The average molecular weight is 316 g/mol. The molecule has 0 radical (unpaired) electrons. The molecule has 0 amide bonds. The van der Waals surface area contributed by atoms with Crippen LogP contribution in [-0.2, 0) is 20.7 Å². The van der Waals surface area contributed by atoms with E-state index in [-0.39, 0.29) is 4.90 Å². The third-order valence-corrected chi connectivity index (χ3v) is 5.04. The van der Waals surface area contributed by atoms with Gasteiger partial charge in [-0.25, -0.2) is 0 Å². The number of nitrogens with zero attached hydrogens (tertiary/aromatic N) is 1. The summed E-state index contributed by atoms with van der Waals surface area (Å²) in [7, 11) is -1.99. The minimum absolute atomic E-state index is 0.169. The van der Waals surface area contributed by atoms with E-state index in [0.29, 0.717) is 5.90 Å². The molecule has 0 unspecified atom stereocenters. The summed E-state index contributed by atoms with van der Waals surface area (Å²) in [5.74, 6) is 0.391. The molecule has 0 fully saturated rings. The number of benzene rings is 2. The highest BCUT2D eigenvalue weighted by atomic mass is 32.2. The standard InChI is InChI=1S/C17H18NO3S/c1-13-7-9-15(10-8-13)22(19,20)21-17-16-6-4-3-5-14(16)11-12-18(17)2/h3-10H,11-12H2,1-2H3/q+1. The molecule has 2 aromatic rings. The normalized spacial score (nSPS) is 14.6. The van der Waals surface area contributed by atoms with E-state index in [4.69, 9.17) is 4.18 Å². The van der Waals surface area contributed by atoms with Crippen LogP contribution in [0.15, 0.2) is 53.4 Å². The first-order valence-corrected chi connectivity index (χ1v) is 8.56. The summed E-state index contributed by atoms with van der Waals surface area (Å²) in [5, 5.41) is 0. The molecule has 3 rings (SSSR count). The van der Waals surface area contributed by atoms with Crippen molar-refractivity contribution in [3.63, 3.8) is 0 Å². The molecule has 0 saturated carbocycles. The van der Waals surface area contributed by atoms with Crippen LogP contribution in [0.4, 0.5) is 0 Å². The van der Waals surface area contributed by atoms with Crippen LogP contribution in [0.1, 0.15) is 16.7 Å². The van der Waals surface area contributed by atoms with Crippen molar-refractivity contribution in [3.05, 3.63) is 65.2 Å². The van der Waals surface area contributed by atoms with Crippen molar-refractivity contribution >= 4 is 16.0 Å². The van der Waals surface area contributed by atoms with Crippen LogP contribution in [0, 0.1) is 6.92 Å². The topological polar surface area (TPSA) is 46.4 Å². The number of likely N-dealkylation sites (N-methyl/N-ethyl adjacent to an activating group) is 1. The lowest BCUT2D eigenvalue weighted by Gasteiger charge is -2.16. The lowest BCUT2D eigenvalue weighted by molar-refractivity contribution is -0.504. The third kappa shape index (κ3) is 2.76. The maximum Gasteiger partial charge on any atom is 0.385 e. The summed E-state index contributed by atoms with van der Waals surface area (Å²) >= 11 is 0. The van der Waals surface area contributed by atoms with E-state index in [0.717, 1.165) is 29.7 Å². The van der Waals surface area contributed by atoms with Gasteiger partial charge in [-0.15, -0.1) is 0 Å². The first kappa shape index (κ1) is 14.8. The second-order valence-corrected chi connectivity index (χ2v) is 7.03. The number of hydrogen-bond donors (Lipinski definition) is 0. The van der Waals surface area contributed by atoms with Gasteiger partial charge >= 0.3 is 16.0 Å². The molecule has 0 spiro atoms. The molecule has 0 saturated heterocycles. The molecule has 0 aliphatic carbocycles. The molecule has 1 aliphatic rings. The zero-order valence-electron chi connectivity index (χ0n) is 12.6. The Bertz CT molecular complexity index is 836. The Labute approximate surface area is 130 Å². The van der Waals surface area contributed by atoms with Crippen LogP contribution >= 0.6 is 0 Å². The van der Waals surface area contributed by atoms with Crippen LogP contribution in [0.3, 0.4) is 0 Å². The summed E-state index contributed by atoms with van der Waals surface area (Å²) in [4.78, 5) is 0.169. The molecule has 1 aliphatic heterocycles. The molecule has 4 nitrogen and oxygen atoms in total. The molecule has 2 aromatic carbocycles. The van der Waals surface area contributed by atoms with Gasteiger partial charge in [-0.2, -0.15) is 13.0 Å². The smallest absolute Gasteiger partial charge is 0.319 e. The van der Waals surface area contributed by atoms with Crippen molar-refractivity contribution in [2.24, 2.45) is 0 Å². The lowest BCUT2D eigenvalue weighted by Crippen LogP contribution is -2.31. The van der Waals surface area contributed by atoms with Gasteiger partial charge in [-0.1, -0.05) is 35.9 Å². The fourth-order valence-electron chi connectivity index (χ4n) is 2.51. The van der Waals surface area contributed by atoms with Gasteiger partial charge in [0.1, 0.15) is 18.5 Å². The minimum atomic E-state index is -3.83. The highest BCUT2D eigenvalue weighted by molar-refractivity contribution is 7.87. The largest absolute Gasteiger partial charge is 0.385 e. The number of rotatable bonds is 2. The first-order valence-electron chi connectivity index (χ1n) is 7.15. The molecule has 114 valence electrons. The predicted molar refractivity (Wildman–Crippen MR) is 84.8 cm³/mol. The molecule has 1 heterocycles. The second-order valence-electron chi connectivity index (χ2n) is 5.48. The van der Waals surface area contributed by atoms with Gasteiger partial charge in [-0.3, -0.25) is 0 Å². The third-order valence-electron chi connectivity index (χ3n) is 3.81. The predicted octanol–water partition coefficient (Wildman–Crippen LogP) is 2.35. The second kappa shape index (κ2) is 5.57. The summed E-state index contributed by atoms with van der Waals surface area (Å²) in [5.41, 5.74) is 2.95. The Kier molecular flexibility index (Phi) is 3.74. The Morgan fingerprint density at radius 3 is 2.45 bits per heavy atom. The minimum Gasteiger partial charge on any atom is -0.319 e. The molecule has 0 aromatic heterocycles. The first-order chi connectivity index (χ1) is 10.5. The Hall–Kier alpha value is -2.14. The molecule has 0 atom stereocenters. The van der Waals surface area contributed by atoms with Crippen molar-refractivity contribution in [2.75, 3.05) is 13.6 Å². The van der Waals surface area contributed by atoms with Crippen LogP contribution < -0.4 is 0 Å². The van der Waals surface area contributed by atoms with Gasteiger partial charge in [0.25, 0.3) is 0 Å². The molecule has 5 heteroatoms. The van der Waals surface area contributed by atoms with Gasteiger partial charge in [0.05, 0.1) is 5.56 Å². The highest BCUT2D eigenvalue weighted by Crippen LogP contribution is 2.20. The number of hydrogen-bond acceptors (Lipinski definition) is 3. The maximum atomic E-state index is 12.5.